The van der Waals surface area contributed by atoms with Crippen molar-refractivity contribution in [2.75, 3.05) is 25.2 Å². The normalized spacial score (nSPS) is 18.5. The van der Waals surface area contributed by atoms with Gasteiger partial charge >= 0.3 is 0 Å². The van der Waals surface area contributed by atoms with Crippen LogP contribution in [0, 0.1) is 6.92 Å². The van der Waals surface area contributed by atoms with E-state index < -0.39 is 0 Å². The van der Waals surface area contributed by atoms with E-state index >= 15 is 0 Å². The first kappa shape index (κ1) is 21.1. The molecule has 2 unspecified atom stereocenters. The number of hydrogen-bond donors (Lipinski definition) is 1. The van der Waals surface area contributed by atoms with Gasteiger partial charge in [0.25, 0.3) is 0 Å². The molecule has 4 rings (SSSR count). The Kier molecular flexibility index (Phi) is 6.53. The van der Waals surface area contributed by atoms with Gasteiger partial charge in [0.05, 0.1) is 29.4 Å². The highest BCUT2D eigenvalue weighted by Gasteiger charge is 2.42. The van der Waals surface area contributed by atoms with E-state index in [0.29, 0.717) is 29.1 Å². The second-order valence-corrected chi connectivity index (χ2v) is 8.66. The fourth-order valence-electron chi connectivity index (χ4n) is 3.58. The lowest BCUT2D eigenvalue weighted by Gasteiger charge is -2.28. The fourth-order valence-corrected chi connectivity index (χ4v) is 5.21. The van der Waals surface area contributed by atoms with Gasteiger partial charge < -0.3 is 19.7 Å². The van der Waals surface area contributed by atoms with Crippen molar-refractivity contribution >= 4 is 46.0 Å². The molecule has 0 amide bonds. The second-order valence-electron chi connectivity index (χ2n) is 6.92. The number of rotatable bonds is 7. The van der Waals surface area contributed by atoms with Gasteiger partial charge in [-0.25, -0.2) is 0 Å². The molecule has 1 aliphatic heterocycles. The van der Waals surface area contributed by atoms with Crippen LogP contribution >= 0.6 is 35.2 Å². The molecule has 8 heteroatoms. The van der Waals surface area contributed by atoms with Crippen molar-refractivity contribution in [3.8, 4) is 5.75 Å². The number of thiophene rings is 1. The average molecular weight is 460 g/mol. The van der Waals surface area contributed by atoms with Gasteiger partial charge in [0.15, 0.2) is 5.11 Å². The van der Waals surface area contributed by atoms with E-state index in [1.807, 2.05) is 42.6 Å². The Morgan fingerprint density at radius 3 is 2.77 bits per heavy atom. The summed E-state index contributed by atoms with van der Waals surface area (Å²) in [6.45, 7) is 3.07. The van der Waals surface area contributed by atoms with Crippen LogP contribution in [0.15, 0.2) is 54.0 Å². The number of halogens is 1. The van der Waals surface area contributed by atoms with Crippen molar-refractivity contribution in [2.24, 2.45) is 0 Å². The van der Waals surface area contributed by atoms with Gasteiger partial charge in [-0.2, -0.15) is 0 Å². The first-order valence-electron chi connectivity index (χ1n) is 9.56. The minimum Gasteiger partial charge on any atom is -0.490 e. The van der Waals surface area contributed by atoms with Crippen molar-refractivity contribution in [2.45, 2.75) is 19.0 Å². The summed E-state index contributed by atoms with van der Waals surface area (Å²) >= 11 is 14.0. The molecule has 5 nitrogen and oxygen atoms in total. The van der Waals surface area contributed by atoms with Crippen LogP contribution in [0.1, 0.15) is 28.2 Å². The maximum absolute atomic E-state index is 6.53. The van der Waals surface area contributed by atoms with Crippen LogP contribution in [0.5, 0.6) is 5.75 Å². The summed E-state index contributed by atoms with van der Waals surface area (Å²) in [4.78, 5) is 7.95. The van der Waals surface area contributed by atoms with Gasteiger partial charge in [0.1, 0.15) is 12.4 Å². The van der Waals surface area contributed by atoms with Gasteiger partial charge in [-0.15, -0.1) is 11.3 Å². The molecule has 3 aromatic rings. The number of thiocarbonyl (C=S) groups is 1. The molecule has 0 spiro atoms. The van der Waals surface area contributed by atoms with Crippen LogP contribution in [0.2, 0.25) is 5.02 Å². The minimum atomic E-state index is -0.0625. The third kappa shape index (κ3) is 4.16. The summed E-state index contributed by atoms with van der Waals surface area (Å²) in [6.07, 6.45) is 1.81. The molecule has 1 aromatic carbocycles. The summed E-state index contributed by atoms with van der Waals surface area (Å²) in [5.41, 5.74) is 3.09. The van der Waals surface area contributed by atoms with E-state index in [1.54, 1.807) is 18.4 Å². The molecule has 3 heterocycles. The predicted molar refractivity (Wildman–Crippen MR) is 126 cm³/mol. The van der Waals surface area contributed by atoms with E-state index in [-0.39, 0.29) is 12.1 Å². The molecule has 1 N–H and O–H groups in total. The zero-order valence-electron chi connectivity index (χ0n) is 16.7. The zero-order valence-corrected chi connectivity index (χ0v) is 19.1. The summed E-state index contributed by atoms with van der Waals surface area (Å²) in [7, 11) is 1.64. The lowest BCUT2D eigenvalue weighted by atomic mass is 10.0. The highest BCUT2D eigenvalue weighted by molar-refractivity contribution is 7.80. The minimum absolute atomic E-state index is 0.0243. The molecule has 1 aliphatic rings. The number of pyridine rings is 1. The van der Waals surface area contributed by atoms with Crippen LogP contribution in [0.4, 0.5) is 5.69 Å². The van der Waals surface area contributed by atoms with Crippen molar-refractivity contribution < 1.29 is 9.47 Å². The number of methoxy groups -OCH3 is 1. The highest BCUT2D eigenvalue weighted by atomic mass is 35.5. The summed E-state index contributed by atoms with van der Waals surface area (Å²) in [5, 5.41) is 6.76. The number of anilines is 1. The van der Waals surface area contributed by atoms with E-state index in [9.17, 15) is 0 Å². The Morgan fingerprint density at radius 2 is 2.10 bits per heavy atom. The maximum Gasteiger partial charge on any atom is 0.174 e. The molecular weight excluding hydrogens is 438 g/mol. The SMILES string of the molecule is COCCOc1ccc(N2C(=S)NC(c3ccccn3)C2c2sccc2C)cc1Cl. The standard InChI is InChI=1S/C22H22ClN3O2S2/c1-14-8-12-30-21(14)20-19(17-5-3-4-9-24-17)25-22(29)26(20)15-6-7-18(16(23)13-15)28-11-10-27-2/h3-9,12-13,19-20H,10-11H2,1-2H3,(H,25,29). The molecule has 0 saturated carbocycles. The van der Waals surface area contributed by atoms with Crippen LogP contribution in [-0.2, 0) is 4.74 Å². The first-order valence-corrected chi connectivity index (χ1v) is 11.2. The van der Waals surface area contributed by atoms with Crippen molar-refractivity contribution in [1.82, 2.24) is 10.3 Å². The Labute approximate surface area is 190 Å². The molecule has 0 aliphatic carbocycles. The Bertz CT molecular complexity index is 1030. The number of hydrogen-bond acceptors (Lipinski definition) is 5. The Hall–Kier alpha value is -2.19. The van der Waals surface area contributed by atoms with Crippen molar-refractivity contribution in [3.63, 3.8) is 0 Å². The van der Waals surface area contributed by atoms with Crippen LogP contribution < -0.4 is 15.0 Å². The quantitative estimate of drug-likeness (QED) is 0.381. The molecular formula is C22H22ClN3O2S2. The van der Waals surface area contributed by atoms with Gasteiger partial charge in [-0.05, 0) is 66.5 Å². The number of nitrogens with zero attached hydrogens (tertiary/aromatic N) is 2. The monoisotopic (exact) mass is 459 g/mol. The Balaban J connectivity index is 1.71. The molecule has 1 saturated heterocycles. The molecule has 0 radical (unpaired) electrons. The summed E-state index contributed by atoms with van der Waals surface area (Å²) < 4.78 is 10.7. The fraction of sp³-hybridized carbons (Fsp3) is 0.273. The molecule has 2 atom stereocenters. The van der Waals surface area contributed by atoms with E-state index in [4.69, 9.17) is 33.3 Å². The third-order valence-corrected chi connectivity index (χ3v) is 6.71. The predicted octanol–water partition coefficient (Wildman–Crippen LogP) is 5.31. The second kappa shape index (κ2) is 9.31. The average Bonchev–Trinajstić information content (AvgIpc) is 3.32. The molecule has 30 heavy (non-hydrogen) atoms. The summed E-state index contributed by atoms with van der Waals surface area (Å²) in [5.74, 6) is 0.626. The molecule has 1 fully saturated rings. The van der Waals surface area contributed by atoms with Crippen molar-refractivity contribution in [3.05, 3.63) is 75.2 Å². The van der Waals surface area contributed by atoms with Crippen molar-refractivity contribution in [1.29, 1.82) is 0 Å². The third-order valence-electron chi connectivity index (χ3n) is 5.01. The number of nitrogens with one attached hydrogen (secondary N) is 1. The van der Waals surface area contributed by atoms with Crippen LogP contribution in [0.3, 0.4) is 0 Å². The summed E-state index contributed by atoms with van der Waals surface area (Å²) in [6, 6.07) is 13.7. The number of ether oxygens (including phenoxy) is 2. The number of benzene rings is 1. The molecule has 156 valence electrons. The van der Waals surface area contributed by atoms with E-state index in [1.165, 1.54) is 10.4 Å². The van der Waals surface area contributed by atoms with Crippen LogP contribution in [-0.4, -0.2) is 30.4 Å². The number of aryl methyl sites for hydroxylation is 1. The zero-order chi connectivity index (χ0) is 21.1. The smallest absolute Gasteiger partial charge is 0.174 e. The number of aromatic nitrogens is 1. The maximum atomic E-state index is 6.53. The molecule has 2 aromatic heterocycles. The first-order chi connectivity index (χ1) is 14.6. The van der Waals surface area contributed by atoms with Gasteiger partial charge in [-0.3, -0.25) is 4.98 Å². The Morgan fingerprint density at radius 1 is 1.23 bits per heavy atom. The topological polar surface area (TPSA) is 46.6 Å². The largest absolute Gasteiger partial charge is 0.490 e. The van der Waals surface area contributed by atoms with E-state index in [0.717, 1.165) is 11.4 Å². The van der Waals surface area contributed by atoms with E-state index in [2.05, 4.69) is 33.6 Å². The van der Waals surface area contributed by atoms with Gasteiger partial charge in [0.2, 0.25) is 0 Å². The van der Waals surface area contributed by atoms with Crippen LogP contribution in [0.25, 0.3) is 0 Å². The highest BCUT2D eigenvalue weighted by Crippen LogP contribution is 2.45. The lowest BCUT2D eigenvalue weighted by Crippen LogP contribution is -2.29. The van der Waals surface area contributed by atoms with Gasteiger partial charge in [0, 0.05) is 23.9 Å². The van der Waals surface area contributed by atoms with Gasteiger partial charge in [-0.1, -0.05) is 17.7 Å². The molecule has 0 bridgehead atoms. The lowest BCUT2D eigenvalue weighted by molar-refractivity contribution is 0.146.